The standard InChI is InChI=1S/C13H21BrN2O2/c1-10(4-8-14)5-9-16-11(17)13(15-12(16)18)6-2-3-7-13/h10H,2-9H2,1H3,(H,15,18). The van der Waals surface area contributed by atoms with Gasteiger partial charge >= 0.3 is 6.03 Å². The third-order valence-electron chi connectivity index (χ3n) is 4.15. The third-order valence-corrected chi connectivity index (χ3v) is 4.61. The first kappa shape index (κ1) is 13.8. The zero-order valence-corrected chi connectivity index (χ0v) is 12.5. The Hall–Kier alpha value is -0.580. The van der Waals surface area contributed by atoms with E-state index in [9.17, 15) is 9.59 Å². The summed E-state index contributed by atoms with van der Waals surface area (Å²) in [5.41, 5.74) is -0.546. The molecule has 1 aliphatic carbocycles. The monoisotopic (exact) mass is 316 g/mol. The number of halogens is 1. The minimum atomic E-state index is -0.546. The summed E-state index contributed by atoms with van der Waals surface area (Å²) in [6.45, 7) is 2.71. The molecule has 0 aromatic heterocycles. The molecule has 102 valence electrons. The number of amides is 3. The molecule has 0 aromatic carbocycles. The molecule has 1 saturated heterocycles. The van der Waals surface area contributed by atoms with Crippen molar-refractivity contribution in [1.82, 2.24) is 10.2 Å². The highest BCUT2D eigenvalue weighted by Gasteiger charge is 2.52. The fraction of sp³-hybridized carbons (Fsp3) is 0.846. The van der Waals surface area contributed by atoms with Gasteiger partial charge in [0, 0.05) is 11.9 Å². The van der Waals surface area contributed by atoms with Crippen molar-refractivity contribution in [3.8, 4) is 0 Å². The second kappa shape index (κ2) is 5.59. The molecule has 0 aromatic rings. The molecule has 1 aliphatic heterocycles. The number of alkyl halides is 1. The van der Waals surface area contributed by atoms with E-state index < -0.39 is 5.54 Å². The maximum atomic E-state index is 12.3. The van der Waals surface area contributed by atoms with Crippen molar-refractivity contribution >= 4 is 27.9 Å². The fourth-order valence-electron chi connectivity index (χ4n) is 2.88. The van der Waals surface area contributed by atoms with Gasteiger partial charge in [-0.05, 0) is 31.6 Å². The van der Waals surface area contributed by atoms with Crippen LogP contribution in [0.2, 0.25) is 0 Å². The van der Waals surface area contributed by atoms with E-state index in [-0.39, 0.29) is 11.9 Å². The van der Waals surface area contributed by atoms with E-state index >= 15 is 0 Å². The van der Waals surface area contributed by atoms with E-state index in [2.05, 4.69) is 28.2 Å². The quantitative estimate of drug-likeness (QED) is 0.626. The average Bonchev–Trinajstić information content (AvgIpc) is 2.86. The predicted molar refractivity (Wildman–Crippen MR) is 73.6 cm³/mol. The van der Waals surface area contributed by atoms with Crippen LogP contribution >= 0.6 is 15.9 Å². The SMILES string of the molecule is CC(CCBr)CCN1C(=O)NC2(CCCC2)C1=O. The van der Waals surface area contributed by atoms with E-state index in [4.69, 9.17) is 0 Å². The molecule has 1 spiro atoms. The number of hydrogen-bond acceptors (Lipinski definition) is 2. The first-order valence-electron chi connectivity index (χ1n) is 6.79. The number of nitrogens with zero attached hydrogens (tertiary/aromatic N) is 1. The van der Waals surface area contributed by atoms with Gasteiger partial charge in [0.05, 0.1) is 0 Å². The third kappa shape index (κ3) is 2.56. The van der Waals surface area contributed by atoms with Crippen LogP contribution in [0.4, 0.5) is 4.79 Å². The molecule has 2 aliphatic rings. The average molecular weight is 317 g/mol. The first-order valence-corrected chi connectivity index (χ1v) is 7.91. The zero-order valence-electron chi connectivity index (χ0n) is 10.9. The molecule has 1 unspecified atom stereocenters. The van der Waals surface area contributed by atoms with Gasteiger partial charge < -0.3 is 5.32 Å². The summed E-state index contributed by atoms with van der Waals surface area (Å²) < 4.78 is 0. The van der Waals surface area contributed by atoms with Crippen LogP contribution in [0.15, 0.2) is 0 Å². The van der Waals surface area contributed by atoms with Crippen molar-refractivity contribution in [2.24, 2.45) is 5.92 Å². The van der Waals surface area contributed by atoms with Crippen LogP contribution in [0, 0.1) is 5.92 Å². The molecule has 0 radical (unpaired) electrons. The molecular weight excluding hydrogens is 296 g/mol. The van der Waals surface area contributed by atoms with Crippen molar-refractivity contribution in [3.63, 3.8) is 0 Å². The maximum Gasteiger partial charge on any atom is 0.325 e. The highest BCUT2D eigenvalue weighted by Crippen LogP contribution is 2.35. The van der Waals surface area contributed by atoms with Crippen molar-refractivity contribution in [1.29, 1.82) is 0 Å². The van der Waals surface area contributed by atoms with Crippen LogP contribution < -0.4 is 5.32 Å². The number of carbonyl (C=O) groups excluding carboxylic acids is 2. The number of nitrogens with one attached hydrogen (secondary N) is 1. The van der Waals surface area contributed by atoms with E-state index in [1.54, 1.807) is 0 Å². The number of carbonyl (C=O) groups is 2. The van der Waals surface area contributed by atoms with Gasteiger partial charge in [0.1, 0.15) is 5.54 Å². The molecule has 4 nitrogen and oxygen atoms in total. The molecule has 2 rings (SSSR count). The van der Waals surface area contributed by atoms with Gasteiger partial charge in [0.25, 0.3) is 5.91 Å². The Labute approximate surface area is 117 Å². The van der Waals surface area contributed by atoms with Crippen LogP contribution in [-0.2, 0) is 4.79 Å². The van der Waals surface area contributed by atoms with Crippen molar-refractivity contribution < 1.29 is 9.59 Å². The van der Waals surface area contributed by atoms with Gasteiger partial charge in [-0.3, -0.25) is 9.69 Å². The van der Waals surface area contributed by atoms with Gasteiger partial charge in [-0.2, -0.15) is 0 Å². The van der Waals surface area contributed by atoms with Gasteiger partial charge in [-0.25, -0.2) is 4.79 Å². The lowest BCUT2D eigenvalue weighted by Gasteiger charge is -2.20. The minimum Gasteiger partial charge on any atom is -0.323 e. The van der Waals surface area contributed by atoms with E-state index in [1.807, 2.05) is 0 Å². The van der Waals surface area contributed by atoms with Gasteiger partial charge in [-0.15, -0.1) is 0 Å². The van der Waals surface area contributed by atoms with Crippen LogP contribution in [0.25, 0.3) is 0 Å². The summed E-state index contributed by atoms with van der Waals surface area (Å²) in [5.74, 6) is 0.543. The predicted octanol–water partition coefficient (Wildman–Crippen LogP) is 2.66. The second-order valence-electron chi connectivity index (χ2n) is 5.55. The molecular formula is C13H21BrN2O2. The summed E-state index contributed by atoms with van der Waals surface area (Å²) in [6, 6.07) is -0.187. The summed E-state index contributed by atoms with van der Waals surface area (Å²) in [6.07, 6.45) is 5.67. The molecule has 3 amide bonds. The Morgan fingerprint density at radius 1 is 1.33 bits per heavy atom. The summed E-state index contributed by atoms with van der Waals surface area (Å²) in [4.78, 5) is 25.7. The Balaban J connectivity index is 1.93. The second-order valence-corrected chi connectivity index (χ2v) is 6.34. The van der Waals surface area contributed by atoms with Gasteiger partial charge in [-0.1, -0.05) is 35.7 Å². The summed E-state index contributed by atoms with van der Waals surface area (Å²) >= 11 is 3.42. The minimum absolute atomic E-state index is 0.0102. The van der Waals surface area contributed by atoms with Gasteiger partial charge in [0.15, 0.2) is 0 Å². The normalized spacial score (nSPS) is 23.8. The Morgan fingerprint density at radius 3 is 2.61 bits per heavy atom. The number of hydrogen-bond donors (Lipinski definition) is 1. The smallest absolute Gasteiger partial charge is 0.323 e. The fourth-order valence-corrected chi connectivity index (χ4v) is 3.66. The Morgan fingerprint density at radius 2 is 2.00 bits per heavy atom. The molecule has 0 bridgehead atoms. The lowest BCUT2D eigenvalue weighted by molar-refractivity contribution is -0.131. The molecule has 1 saturated carbocycles. The molecule has 1 heterocycles. The number of urea groups is 1. The molecule has 18 heavy (non-hydrogen) atoms. The molecule has 1 N–H and O–H groups in total. The van der Waals surface area contributed by atoms with Crippen molar-refractivity contribution in [2.75, 3.05) is 11.9 Å². The van der Waals surface area contributed by atoms with Crippen LogP contribution in [-0.4, -0.2) is 34.3 Å². The van der Waals surface area contributed by atoms with E-state index in [0.29, 0.717) is 12.5 Å². The van der Waals surface area contributed by atoms with Gasteiger partial charge in [0.2, 0.25) is 0 Å². The van der Waals surface area contributed by atoms with Crippen LogP contribution in [0.5, 0.6) is 0 Å². The maximum absolute atomic E-state index is 12.3. The molecule has 5 heteroatoms. The number of imide groups is 1. The van der Waals surface area contributed by atoms with Crippen molar-refractivity contribution in [2.45, 2.75) is 51.0 Å². The zero-order chi connectivity index (χ0) is 13.2. The Kier molecular flexibility index (Phi) is 4.30. The summed E-state index contributed by atoms with van der Waals surface area (Å²) in [5, 5.41) is 3.88. The van der Waals surface area contributed by atoms with Crippen LogP contribution in [0.3, 0.4) is 0 Å². The largest absolute Gasteiger partial charge is 0.325 e. The Bertz CT molecular complexity index is 340. The highest BCUT2D eigenvalue weighted by atomic mass is 79.9. The summed E-state index contributed by atoms with van der Waals surface area (Å²) in [7, 11) is 0. The van der Waals surface area contributed by atoms with Crippen LogP contribution in [0.1, 0.15) is 45.4 Å². The molecule has 2 fully saturated rings. The van der Waals surface area contributed by atoms with E-state index in [1.165, 1.54) is 4.90 Å². The lowest BCUT2D eigenvalue weighted by atomic mass is 9.97. The first-order chi connectivity index (χ1) is 8.59. The van der Waals surface area contributed by atoms with Crippen molar-refractivity contribution in [3.05, 3.63) is 0 Å². The topological polar surface area (TPSA) is 49.4 Å². The number of rotatable bonds is 5. The van der Waals surface area contributed by atoms with E-state index in [0.717, 1.165) is 43.9 Å². The highest BCUT2D eigenvalue weighted by molar-refractivity contribution is 9.09. The molecule has 1 atom stereocenters. The lowest BCUT2D eigenvalue weighted by Crippen LogP contribution is -2.44.